The highest BCUT2D eigenvalue weighted by Crippen LogP contribution is 2.30. The second-order valence-electron chi connectivity index (χ2n) is 22.5. The van der Waals surface area contributed by atoms with Gasteiger partial charge in [0.15, 0.2) is 12.6 Å². The van der Waals surface area contributed by atoms with Crippen LogP contribution in [-0.2, 0) is 23.7 Å². The van der Waals surface area contributed by atoms with Gasteiger partial charge in [-0.25, -0.2) is 0 Å². The Morgan fingerprint density at radius 3 is 1.33 bits per heavy atom. The van der Waals surface area contributed by atoms with Crippen molar-refractivity contribution in [2.45, 2.75) is 299 Å². The lowest BCUT2D eigenvalue weighted by Crippen LogP contribution is -2.65. The van der Waals surface area contributed by atoms with Crippen LogP contribution in [0.4, 0.5) is 0 Å². The van der Waals surface area contributed by atoms with Gasteiger partial charge in [-0.1, -0.05) is 239 Å². The number of unbranched alkanes of at least 4 members (excludes halogenated alkanes) is 22. The molecule has 14 heteroatoms. The number of aliphatic hydroxyl groups is 8. The number of carbonyl (C=O) groups is 1. The zero-order chi connectivity index (χ0) is 60.2. The summed E-state index contributed by atoms with van der Waals surface area (Å²) in [5.74, 6) is -0.254. The Balaban J connectivity index is 1.56. The molecule has 14 nitrogen and oxygen atoms in total. The van der Waals surface area contributed by atoms with Crippen LogP contribution >= 0.6 is 0 Å². The maximum Gasteiger partial charge on any atom is 0.220 e. The van der Waals surface area contributed by atoms with E-state index in [1.165, 1.54) is 109 Å². The van der Waals surface area contributed by atoms with Crippen molar-refractivity contribution in [2.75, 3.05) is 19.8 Å². The van der Waals surface area contributed by atoms with Crippen LogP contribution < -0.4 is 5.32 Å². The summed E-state index contributed by atoms with van der Waals surface area (Å²) in [5.41, 5.74) is 0. The van der Waals surface area contributed by atoms with E-state index in [2.05, 4.69) is 116 Å². The van der Waals surface area contributed by atoms with Crippen molar-refractivity contribution in [2.24, 2.45) is 0 Å². The minimum Gasteiger partial charge on any atom is -0.394 e. The Hall–Kier alpha value is -3.35. The highest BCUT2D eigenvalue weighted by Gasteiger charge is 2.51. The van der Waals surface area contributed by atoms with Crippen molar-refractivity contribution in [1.29, 1.82) is 0 Å². The third-order valence-electron chi connectivity index (χ3n) is 15.2. The summed E-state index contributed by atoms with van der Waals surface area (Å²) in [6, 6.07) is -0.934. The quantitative estimate of drug-likeness (QED) is 0.0204. The van der Waals surface area contributed by atoms with Crippen LogP contribution in [0.25, 0.3) is 0 Å². The Morgan fingerprint density at radius 2 is 0.843 bits per heavy atom. The predicted octanol–water partition coefficient (Wildman–Crippen LogP) is 12.4. The molecular formula is C69H117NO13. The van der Waals surface area contributed by atoms with Gasteiger partial charge in [0, 0.05) is 6.42 Å². The first kappa shape index (κ1) is 75.7. The lowest BCUT2D eigenvalue weighted by molar-refractivity contribution is -0.359. The van der Waals surface area contributed by atoms with E-state index < -0.39 is 86.8 Å². The topological polar surface area (TPSA) is 228 Å². The fourth-order valence-electron chi connectivity index (χ4n) is 9.99. The normalized spacial score (nSPS) is 24.6. The Bertz CT molecular complexity index is 1810. The van der Waals surface area contributed by atoms with Gasteiger partial charge in [0.05, 0.1) is 32.0 Å². The molecular weight excluding hydrogens is 1050 g/mol. The summed E-state index contributed by atoms with van der Waals surface area (Å²) in [6.07, 6.45) is 58.9. The maximum atomic E-state index is 13.2. The van der Waals surface area contributed by atoms with Crippen molar-refractivity contribution in [3.8, 4) is 0 Å². The summed E-state index contributed by atoms with van der Waals surface area (Å²) in [6.45, 7) is 2.61. The Kier molecular flexibility index (Phi) is 48.3. The van der Waals surface area contributed by atoms with Crippen LogP contribution in [-0.4, -0.2) is 140 Å². The molecule has 0 saturated carbocycles. The van der Waals surface area contributed by atoms with Crippen molar-refractivity contribution >= 4 is 5.91 Å². The fourth-order valence-corrected chi connectivity index (χ4v) is 9.99. The number of amides is 1. The number of carbonyl (C=O) groups excluding carboxylic acids is 1. The number of nitrogens with one attached hydrogen (secondary N) is 1. The molecule has 2 rings (SSSR count). The molecule has 476 valence electrons. The summed E-state index contributed by atoms with van der Waals surface area (Å²) in [5, 5.41) is 86.9. The van der Waals surface area contributed by atoms with E-state index >= 15 is 0 Å². The van der Waals surface area contributed by atoms with Crippen molar-refractivity contribution < 1.29 is 64.6 Å². The monoisotopic (exact) mass is 1170 g/mol. The fraction of sp³-hybridized carbons (Fsp3) is 0.725. The third-order valence-corrected chi connectivity index (χ3v) is 15.2. The van der Waals surface area contributed by atoms with Gasteiger partial charge in [-0.05, 0) is 89.9 Å². The van der Waals surface area contributed by atoms with Gasteiger partial charge >= 0.3 is 0 Å². The Labute approximate surface area is 502 Å². The van der Waals surface area contributed by atoms with E-state index in [4.69, 9.17) is 18.9 Å². The van der Waals surface area contributed by atoms with Crippen LogP contribution in [0.2, 0.25) is 0 Å². The molecule has 0 bridgehead atoms. The summed E-state index contributed by atoms with van der Waals surface area (Å²) in [7, 11) is 0. The lowest BCUT2D eigenvalue weighted by Gasteiger charge is -2.46. The molecule has 2 fully saturated rings. The number of ether oxygens (including phenoxy) is 4. The van der Waals surface area contributed by atoms with Gasteiger partial charge in [-0.2, -0.15) is 0 Å². The molecule has 0 radical (unpaired) electrons. The van der Waals surface area contributed by atoms with Crippen LogP contribution in [0.5, 0.6) is 0 Å². The number of allylic oxidation sites excluding steroid dienone is 17. The molecule has 0 aromatic heterocycles. The van der Waals surface area contributed by atoms with Gasteiger partial charge in [0.2, 0.25) is 5.91 Å². The molecule has 2 heterocycles. The predicted molar refractivity (Wildman–Crippen MR) is 336 cm³/mol. The Morgan fingerprint density at radius 1 is 0.446 bits per heavy atom. The van der Waals surface area contributed by atoms with Crippen LogP contribution in [0.1, 0.15) is 226 Å². The van der Waals surface area contributed by atoms with Crippen LogP contribution in [0.15, 0.2) is 109 Å². The maximum absolute atomic E-state index is 13.2. The van der Waals surface area contributed by atoms with E-state index in [0.29, 0.717) is 12.8 Å². The van der Waals surface area contributed by atoms with Gasteiger partial charge in [0.25, 0.3) is 0 Å². The van der Waals surface area contributed by atoms with Crippen molar-refractivity contribution in [3.63, 3.8) is 0 Å². The van der Waals surface area contributed by atoms with Crippen molar-refractivity contribution in [3.05, 3.63) is 109 Å². The number of hydrogen-bond acceptors (Lipinski definition) is 13. The molecule has 9 N–H and O–H groups in total. The smallest absolute Gasteiger partial charge is 0.220 e. The van der Waals surface area contributed by atoms with Crippen molar-refractivity contribution in [1.82, 2.24) is 5.32 Å². The average Bonchev–Trinajstić information content (AvgIpc) is 3.47. The lowest BCUT2D eigenvalue weighted by atomic mass is 9.97. The molecule has 2 aliphatic heterocycles. The van der Waals surface area contributed by atoms with E-state index in [1.54, 1.807) is 6.08 Å². The second-order valence-corrected chi connectivity index (χ2v) is 22.5. The molecule has 83 heavy (non-hydrogen) atoms. The molecule has 1 amide bonds. The average molecular weight is 1170 g/mol. The number of hydrogen-bond donors (Lipinski definition) is 9. The first-order chi connectivity index (χ1) is 40.6. The molecule has 0 aromatic rings. The standard InChI is InChI=1S/C69H117NO13/c1-3-5-7-9-11-13-15-16-17-18-19-20-21-22-23-24-25-26-27-28-29-30-31-32-33-34-35-36-37-38-39-40-41-42-43-45-47-49-51-53-61(74)70-57(58(73)52-50-48-46-44-14-12-10-8-6-4-2)56-80-68-66(79)64(77)67(60(55-72)82-68)83-69-65(78)63(76)62(75)59(54-71)81-69/h5,7,11,13-14,16-17,19-20,22-23,25-26,28-29,44,50,52,57-60,62-69,71-73,75-79H,3-4,6,8-10,12,15,18,21,24,27,30-43,45-49,51,53-56H2,1-2H3,(H,70,74)/b7-5-,13-11-,17-16-,20-19-,23-22-,26-25-,29-28-,44-14+,52-50+. The van der Waals surface area contributed by atoms with Gasteiger partial charge in [-0.15, -0.1) is 0 Å². The summed E-state index contributed by atoms with van der Waals surface area (Å²) in [4.78, 5) is 13.2. The van der Waals surface area contributed by atoms with Gasteiger partial charge in [0.1, 0.15) is 48.8 Å². The SMILES string of the molecule is CC/C=C\C/C=C\C/C=C\C/C=C\C/C=C\C/C=C\C/C=C\CCCCCCCCCCCCCCCCCCCC(=O)NC(COC1OC(CO)C(OC2OC(CO)C(O)C(O)C2O)C(O)C1O)C(O)/C=C/CC/C=C/CCCCCC. The molecule has 2 aliphatic rings. The third kappa shape index (κ3) is 37.7. The van der Waals surface area contributed by atoms with E-state index in [9.17, 15) is 45.6 Å². The molecule has 2 saturated heterocycles. The highest BCUT2D eigenvalue weighted by molar-refractivity contribution is 5.76. The molecule has 0 aliphatic carbocycles. The van der Waals surface area contributed by atoms with Crippen LogP contribution in [0.3, 0.4) is 0 Å². The number of rotatable bonds is 51. The highest BCUT2D eigenvalue weighted by atomic mass is 16.7. The van der Waals surface area contributed by atoms with E-state index in [-0.39, 0.29) is 18.9 Å². The summed E-state index contributed by atoms with van der Waals surface area (Å²) < 4.78 is 22.7. The zero-order valence-corrected chi connectivity index (χ0v) is 51.4. The summed E-state index contributed by atoms with van der Waals surface area (Å²) >= 11 is 0. The van der Waals surface area contributed by atoms with E-state index in [1.807, 2.05) is 6.08 Å². The first-order valence-electron chi connectivity index (χ1n) is 32.6. The van der Waals surface area contributed by atoms with E-state index in [0.717, 1.165) is 83.5 Å². The molecule has 12 atom stereocenters. The first-order valence-corrected chi connectivity index (χ1v) is 32.6. The number of aliphatic hydroxyl groups excluding tert-OH is 8. The zero-order valence-electron chi connectivity index (χ0n) is 51.4. The van der Waals surface area contributed by atoms with Gasteiger partial charge in [-0.3, -0.25) is 4.79 Å². The second kappa shape index (κ2) is 52.9. The minimum absolute atomic E-state index is 0.254. The van der Waals surface area contributed by atoms with Crippen LogP contribution in [0, 0.1) is 0 Å². The largest absolute Gasteiger partial charge is 0.394 e. The minimum atomic E-state index is -1.79. The van der Waals surface area contributed by atoms with Gasteiger partial charge < -0.3 is 65.1 Å². The molecule has 0 spiro atoms. The molecule has 12 unspecified atom stereocenters. The molecule has 0 aromatic carbocycles.